The number of nitrogens with one attached hydrogen (secondary N) is 1. The highest BCUT2D eigenvalue weighted by Gasteiger charge is 2.26. The zero-order valence-electron chi connectivity index (χ0n) is 16.2. The average molecular weight is 421 g/mol. The predicted octanol–water partition coefficient (Wildman–Crippen LogP) is 1.92. The molecule has 1 aliphatic heterocycles. The molecule has 0 atom stereocenters. The molecular formula is C20H24FN3O4S. The molecule has 156 valence electrons. The van der Waals surface area contributed by atoms with Gasteiger partial charge in [-0.1, -0.05) is 18.2 Å². The van der Waals surface area contributed by atoms with E-state index in [0.717, 1.165) is 5.56 Å². The maximum Gasteiger partial charge on any atom is 0.243 e. The second kappa shape index (κ2) is 9.45. The fourth-order valence-electron chi connectivity index (χ4n) is 3.07. The molecule has 1 fully saturated rings. The van der Waals surface area contributed by atoms with Crippen LogP contribution in [0.4, 0.5) is 10.1 Å². The number of halogens is 1. The number of carbonyl (C=O) groups excluding carboxylic acids is 1. The van der Waals surface area contributed by atoms with Gasteiger partial charge in [-0.3, -0.25) is 9.69 Å². The molecule has 1 heterocycles. The lowest BCUT2D eigenvalue weighted by molar-refractivity contribution is -0.117. The molecular weight excluding hydrogens is 397 g/mol. The Balaban J connectivity index is 1.60. The van der Waals surface area contributed by atoms with Crippen molar-refractivity contribution in [2.75, 3.05) is 45.2 Å². The van der Waals surface area contributed by atoms with Gasteiger partial charge >= 0.3 is 0 Å². The number of hydrogen-bond donors (Lipinski definition) is 1. The van der Waals surface area contributed by atoms with Crippen LogP contribution in [0.2, 0.25) is 0 Å². The van der Waals surface area contributed by atoms with Crippen molar-refractivity contribution < 1.29 is 22.3 Å². The monoisotopic (exact) mass is 421 g/mol. The van der Waals surface area contributed by atoms with Crippen LogP contribution >= 0.6 is 0 Å². The van der Waals surface area contributed by atoms with Gasteiger partial charge < -0.3 is 10.1 Å². The second-order valence-corrected chi connectivity index (χ2v) is 8.83. The Labute approximate surface area is 170 Å². The Kier molecular flexibility index (Phi) is 6.96. The van der Waals surface area contributed by atoms with Gasteiger partial charge in [-0.15, -0.1) is 0 Å². The lowest BCUT2D eigenvalue weighted by Crippen LogP contribution is -2.40. The van der Waals surface area contributed by atoms with Crippen LogP contribution in [0.1, 0.15) is 5.56 Å². The molecule has 0 aliphatic carbocycles. The summed E-state index contributed by atoms with van der Waals surface area (Å²) in [5.74, 6) is -0.573. The van der Waals surface area contributed by atoms with Crippen LogP contribution in [-0.4, -0.2) is 63.4 Å². The maximum atomic E-state index is 13.0. The van der Waals surface area contributed by atoms with Gasteiger partial charge in [0.25, 0.3) is 0 Å². The molecule has 3 rings (SSSR count). The first-order chi connectivity index (χ1) is 13.8. The van der Waals surface area contributed by atoms with Crippen molar-refractivity contribution >= 4 is 21.6 Å². The summed E-state index contributed by atoms with van der Waals surface area (Å²) in [5.41, 5.74) is 1.31. The molecule has 29 heavy (non-hydrogen) atoms. The molecule has 1 amide bonds. The number of carbonyl (C=O) groups is 1. The van der Waals surface area contributed by atoms with E-state index in [-0.39, 0.29) is 23.2 Å². The van der Waals surface area contributed by atoms with Crippen molar-refractivity contribution in [2.45, 2.75) is 11.4 Å². The molecule has 2 aromatic rings. The van der Waals surface area contributed by atoms with Crippen LogP contribution in [0.15, 0.2) is 53.4 Å². The zero-order valence-corrected chi connectivity index (χ0v) is 17.0. The first-order valence-corrected chi connectivity index (χ1v) is 10.7. The Morgan fingerprint density at radius 1 is 1.17 bits per heavy atom. The molecule has 1 aliphatic rings. The molecule has 0 bridgehead atoms. The highest BCUT2D eigenvalue weighted by molar-refractivity contribution is 7.89. The number of ether oxygens (including phenoxy) is 1. The van der Waals surface area contributed by atoms with Gasteiger partial charge in [0.15, 0.2) is 0 Å². The minimum Gasteiger partial charge on any atom is -0.379 e. The first-order valence-electron chi connectivity index (χ1n) is 9.25. The first kappa shape index (κ1) is 21.4. The van der Waals surface area contributed by atoms with Crippen LogP contribution in [0.5, 0.6) is 0 Å². The van der Waals surface area contributed by atoms with Crippen LogP contribution in [0, 0.1) is 5.82 Å². The van der Waals surface area contributed by atoms with Crippen LogP contribution in [0.3, 0.4) is 0 Å². The summed E-state index contributed by atoms with van der Waals surface area (Å²) >= 11 is 0. The van der Waals surface area contributed by atoms with E-state index in [1.54, 1.807) is 36.2 Å². The van der Waals surface area contributed by atoms with Gasteiger partial charge in [0.2, 0.25) is 15.9 Å². The molecule has 0 radical (unpaired) electrons. The summed E-state index contributed by atoms with van der Waals surface area (Å²) < 4.78 is 45.1. The van der Waals surface area contributed by atoms with Crippen LogP contribution in [0.25, 0.3) is 0 Å². The molecule has 1 saturated heterocycles. The van der Waals surface area contributed by atoms with Gasteiger partial charge in [0, 0.05) is 25.3 Å². The van der Waals surface area contributed by atoms with Crippen molar-refractivity contribution in [3.8, 4) is 0 Å². The normalized spacial score (nSPS) is 15.4. The number of hydrogen-bond acceptors (Lipinski definition) is 5. The minimum absolute atomic E-state index is 0.109. The second-order valence-electron chi connectivity index (χ2n) is 6.89. The van der Waals surface area contributed by atoms with Gasteiger partial charge in [0.05, 0.1) is 24.7 Å². The third kappa shape index (κ3) is 5.83. The summed E-state index contributed by atoms with van der Waals surface area (Å²) in [6.45, 7) is 1.96. The van der Waals surface area contributed by atoms with Gasteiger partial charge in [-0.25, -0.2) is 12.8 Å². The third-order valence-corrected chi connectivity index (χ3v) is 6.40. The Hall–Kier alpha value is -2.33. The van der Waals surface area contributed by atoms with Crippen molar-refractivity contribution in [2.24, 2.45) is 0 Å². The quantitative estimate of drug-likeness (QED) is 0.739. The number of rotatable bonds is 7. The van der Waals surface area contributed by atoms with Crippen molar-refractivity contribution in [3.05, 3.63) is 59.9 Å². The summed E-state index contributed by atoms with van der Waals surface area (Å²) in [4.78, 5) is 14.3. The lowest BCUT2D eigenvalue weighted by Gasteiger charge is -2.26. The largest absolute Gasteiger partial charge is 0.379 e. The highest BCUT2D eigenvalue weighted by Crippen LogP contribution is 2.20. The van der Waals surface area contributed by atoms with E-state index < -0.39 is 10.0 Å². The molecule has 9 heteroatoms. The number of morpholine rings is 1. The van der Waals surface area contributed by atoms with E-state index in [1.165, 1.54) is 28.6 Å². The Morgan fingerprint density at radius 3 is 2.55 bits per heavy atom. The fraction of sp³-hybridized carbons (Fsp3) is 0.350. The topological polar surface area (TPSA) is 79.0 Å². The number of nitrogens with zero attached hydrogens (tertiary/aromatic N) is 2. The summed E-state index contributed by atoms with van der Waals surface area (Å²) in [7, 11) is -1.85. The summed E-state index contributed by atoms with van der Waals surface area (Å²) in [6, 6.07) is 12.3. The van der Waals surface area contributed by atoms with Crippen LogP contribution in [-0.2, 0) is 26.1 Å². The molecule has 7 nitrogen and oxygen atoms in total. The molecule has 0 unspecified atom stereocenters. The summed E-state index contributed by atoms with van der Waals surface area (Å²) in [5, 5.41) is 2.73. The molecule has 1 N–H and O–H groups in total. The number of anilines is 1. The van der Waals surface area contributed by atoms with Gasteiger partial charge in [-0.05, 0) is 42.9 Å². The smallest absolute Gasteiger partial charge is 0.243 e. The van der Waals surface area contributed by atoms with E-state index >= 15 is 0 Å². The van der Waals surface area contributed by atoms with E-state index in [9.17, 15) is 17.6 Å². The predicted molar refractivity (Wildman–Crippen MR) is 107 cm³/mol. The Bertz CT molecular complexity index is 944. The molecule has 0 spiro atoms. The lowest BCUT2D eigenvalue weighted by atomic mass is 10.2. The standard InChI is InChI=1S/C20H24FN3O4S/c1-23(14-16-5-7-17(21)8-6-16)15-20(25)22-18-3-2-4-19(13-18)29(26,27)24-9-11-28-12-10-24/h2-8,13H,9-12,14-15H2,1H3,(H,22,25). The minimum atomic E-state index is -3.63. The van der Waals surface area contributed by atoms with Gasteiger partial charge in [0.1, 0.15) is 5.82 Å². The summed E-state index contributed by atoms with van der Waals surface area (Å²) in [6.07, 6.45) is 0. The number of likely N-dealkylation sites (N-methyl/N-ethyl adjacent to an activating group) is 1. The zero-order chi connectivity index (χ0) is 20.9. The van der Waals surface area contributed by atoms with Crippen LogP contribution < -0.4 is 5.32 Å². The molecule has 0 saturated carbocycles. The average Bonchev–Trinajstić information content (AvgIpc) is 2.70. The van der Waals surface area contributed by atoms with E-state index in [1.807, 2.05) is 0 Å². The van der Waals surface area contributed by atoms with E-state index in [4.69, 9.17) is 4.74 Å². The number of amides is 1. The Morgan fingerprint density at radius 2 is 1.86 bits per heavy atom. The SMILES string of the molecule is CN(CC(=O)Nc1cccc(S(=O)(=O)N2CCOCC2)c1)Cc1ccc(F)cc1. The fourth-order valence-corrected chi connectivity index (χ4v) is 4.53. The van der Waals surface area contributed by atoms with Crippen molar-refractivity contribution in [3.63, 3.8) is 0 Å². The van der Waals surface area contributed by atoms with Gasteiger partial charge in [-0.2, -0.15) is 4.31 Å². The van der Waals surface area contributed by atoms with E-state index in [2.05, 4.69) is 5.32 Å². The molecule has 2 aromatic carbocycles. The highest BCUT2D eigenvalue weighted by atomic mass is 32.2. The van der Waals surface area contributed by atoms with Crippen molar-refractivity contribution in [1.29, 1.82) is 0 Å². The third-order valence-electron chi connectivity index (χ3n) is 4.50. The van der Waals surface area contributed by atoms with Crippen molar-refractivity contribution in [1.82, 2.24) is 9.21 Å². The number of sulfonamides is 1. The maximum absolute atomic E-state index is 13.0. The number of benzene rings is 2. The van der Waals surface area contributed by atoms with E-state index in [0.29, 0.717) is 38.5 Å². The molecule has 0 aromatic heterocycles.